The van der Waals surface area contributed by atoms with Crippen LogP contribution in [0.1, 0.15) is 0 Å². The Morgan fingerprint density at radius 2 is 0.867 bits per heavy atom. The van der Waals surface area contributed by atoms with Crippen LogP contribution in [0.2, 0.25) is 0 Å². The smallest absolute Gasteiger partial charge is 0.0583 e. The second-order valence-electron chi connectivity index (χ2n) is 10.9. The van der Waals surface area contributed by atoms with Gasteiger partial charge >= 0.3 is 0 Å². The highest BCUT2D eigenvalue weighted by Gasteiger charge is 2.24. The molecular formula is C41H30N4. The molecule has 2 heterocycles. The summed E-state index contributed by atoms with van der Waals surface area (Å²) in [5.41, 5.74) is 9.84. The predicted molar refractivity (Wildman–Crippen MR) is 188 cm³/mol. The first-order valence-electron chi connectivity index (χ1n) is 15.1. The average molecular weight is 579 g/mol. The van der Waals surface area contributed by atoms with Crippen LogP contribution in [0.25, 0.3) is 27.5 Å². The summed E-state index contributed by atoms with van der Waals surface area (Å²) in [4.78, 5) is 9.05. The van der Waals surface area contributed by atoms with Gasteiger partial charge in [-0.3, -0.25) is 4.98 Å². The molecule has 0 N–H and O–H groups in total. The van der Waals surface area contributed by atoms with E-state index >= 15 is 0 Å². The molecule has 8 aromatic rings. The minimum absolute atomic E-state index is 1.06. The normalized spacial score (nSPS) is 11.1. The number of nitrogens with zero attached hydrogens (tertiary/aromatic N) is 4. The highest BCUT2D eigenvalue weighted by molar-refractivity contribution is 6.18. The monoisotopic (exact) mass is 578 g/mol. The molecule has 0 bridgehead atoms. The van der Waals surface area contributed by atoms with Crippen LogP contribution >= 0.6 is 0 Å². The lowest BCUT2D eigenvalue weighted by Gasteiger charge is -2.30. The van der Waals surface area contributed by atoms with Gasteiger partial charge in [0.25, 0.3) is 0 Å². The van der Waals surface area contributed by atoms with Gasteiger partial charge in [-0.05, 0) is 78.9 Å². The fourth-order valence-electron chi connectivity index (χ4n) is 6.32. The Hall–Kier alpha value is -6.13. The van der Waals surface area contributed by atoms with E-state index in [4.69, 9.17) is 0 Å². The maximum atomic E-state index is 4.34. The number of benzene rings is 6. The van der Waals surface area contributed by atoms with E-state index in [2.05, 4.69) is 189 Å². The molecule has 0 saturated heterocycles. The van der Waals surface area contributed by atoms with E-state index in [0.29, 0.717) is 0 Å². The Balaban J connectivity index is 1.53. The maximum Gasteiger partial charge on any atom is 0.0583 e. The zero-order valence-corrected chi connectivity index (χ0v) is 24.6. The number of pyridine rings is 1. The van der Waals surface area contributed by atoms with Gasteiger partial charge in [-0.15, -0.1) is 0 Å². The minimum Gasteiger partial charge on any atom is -0.310 e. The van der Waals surface area contributed by atoms with E-state index in [1.54, 1.807) is 0 Å². The summed E-state index contributed by atoms with van der Waals surface area (Å²) in [5, 5.41) is 2.37. The summed E-state index contributed by atoms with van der Waals surface area (Å²) in [6.45, 7) is 0. The van der Waals surface area contributed by atoms with E-state index in [9.17, 15) is 0 Å². The topological polar surface area (TPSA) is 24.3 Å². The molecule has 8 rings (SSSR count). The van der Waals surface area contributed by atoms with E-state index < -0.39 is 0 Å². The first-order valence-corrected chi connectivity index (χ1v) is 15.1. The van der Waals surface area contributed by atoms with Crippen LogP contribution in [0.4, 0.5) is 34.1 Å². The van der Waals surface area contributed by atoms with Gasteiger partial charge in [-0.2, -0.15) is 0 Å². The molecule has 0 spiro atoms. The third-order valence-electron chi connectivity index (χ3n) is 8.21. The predicted octanol–water partition coefficient (Wildman–Crippen LogP) is 11.1. The van der Waals surface area contributed by atoms with Crippen LogP contribution in [-0.4, -0.2) is 9.55 Å². The van der Waals surface area contributed by atoms with Crippen LogP contribution in [0.15, 0.2) is 182 Å². The third-order valence-corrected chi connectivity index (χ3v) is 8.21. The SMILES string of the molecule is c1ccc(N(c2ccccc2)c2cc(N(c3ccccc3)c3ccccc3)c3c4ccccc4n(-c4ccncc4)c3c2)cc1. The van der Waals surface area contributed by atoms with Crippen molar-refractivity contribution in [3.8, 4) is 5.69 Å². The lowest BCUT2D eigenvalue weighted by atomic mass is 10.1. The second-order valence-corrected chi connectivity index (χ2v) is 10.9. The number of rotatable bonds is 7. The Bertz CT molecular complexity index is 2120. The number of para-hydroxylation sites is 5. The summed E-state index contributed by atoms with van der Waals surface area (Å²) in [5.74, 6) is 0. The molecule has 0 atom stereocenters. The quantitative estimate of drug-likeness (QED) is 0.188. The molecular weight excluding hydrogens is 548 g/mol. The Labute approximate surface area is 262 Å². The standard InChI is InChI=1S/C41H30N4/c1-5-15-31(16-6-1)43(32-17-7-2-8-18-32)36-29-39(44(33-19-9-3-10-20-33)34-21-11-4-12-22-34)41-37-23-13-14-24-38(37)45(40(41)30-36)35-25-27-42-28-26-35/h1-30H. The Morgan fingerprint density at radius 3 is 1.40 bits per heavy atom. The van der Waals surface area contributed by atoms with Crippen molar-refractivity contribution < 1.29 is 0 Å². The van der Waals surface area contributed by atoms with Crippen molar-refractivity contribution in [1.29, 1.82) is 0 Å². The molecule has 0 radical (unpaired) electrons. The van der Waals surface area contributed by atoms with Gasteiger partial charge in [0.1, 0.15) is 0 Å². The van der Waals surface area contributed by atoms with Gasteiger partial charge in [0.15, 0.2) is 0 Å². The molecule has 4 nitrogen and oxygen atoms in total. The Morgan fingerprint density at radius 1 is 0.400 bits per heavy atom. The first kappa shape index (κ1) is 26.5. The summed E-state index contributed by atoms with van der Waals surface area (Å²) in [6, 6.07) is 60.0. The Kier molecular flexibility index (Phi) is 6.78. The van der Waals surface area contributed by atoms with E-state index in [1.165, 1.54) is 10.8 Å². The molecule has 0 unspecified atom stereocenters. The summed E-state index contributed by atoms with van der Waals surface area (Å²) >= 11 is 0. The van der Waals surface area contributed by atoms with E-state index in [1.807, 2.05) is 12.4 Å². The number of hydrogen-bond donors (Lipinski definition) is 0. The van der Waals surface area contributed by atoms with Crippen LogP contribution in [0.5, 0.6) is 0 Å². The summed E-state index contributed by atoms with van der Waals surface area (Å²) < 4.78 is 2.36. The summed E-state index contributed by atoms with van der Waals surface area (Å²) in [7, 11) is 0. The van der Waals surface area contributed by atoms with Gasteiger partial charge < -0.3 is 14.4 Å². The van der Waals surface area contributed by atoms with Gasteiger partial charge in [-0.1, -0.05) is 91.0 Å². The van der Waals surface area contributed by atoms with Gasteiger partial charge in [0.05, 0.1) is 22.4 Å². The molecule has 0 fully saturated rings. The third kappa shape index (κ3) is 4.79. The molecule has 214 valence electrons. The zero-order valence-electron chi connectivity index (χ0n) is 24.6. The lowest BCUT2D eigenvalue weighted by molar-refractivity contribution is 1.15. The first-order chi connectivity index (χ1) is 22.4. The molecule has 0 amide bonds. The van der Waals surface area contributed by atoms with E-state index in [-0.39, 0.29) is 0 Å². The van der Waals surface area contributed by atoms with Crippen LogP contribution in [-0.2, 0) is 0 Å². The molecule has 2 aromatic heterocycles. The van der Waals surface area contributed by atoms with Crippen LogP contribution in [0, 0.1) is 0 Å². The molecule has 45 heavy (non-hydrogen) atoms. The molecule has 0 aliphatic carbocycles. The molecule has 0 aliphatic rings. The maximum absolute atomic E-state index is 4.34. The lowest BCUT2D eigenvalue weighted by Crippen LogP contribution is -2.14. The number of aromatic nitrogens is 2. The molecule has 0 saturated carbocycles. The summed E-state index contributed by atoms with van der Waals surface area (Å²) in [6.07, 6.45) is 3.72. The van der Waals surface area contributed by atoms with Crippen molar-refractivity contribution in [2.75, 3.05) is 9.80 Å². The minimum atomic E-state index is 1.06. The fraction of sp³-hybridized carbons (Fsp3) is 0. The van der Waals surface area contributed by atoms with Crippen molar-refractivity contribution in [3.63, 3.8) is 0 Å². The highest BCUT2D eigenvalue weighted by atomic mass is 15.2. The zero-order chi connectivity index (χ0) is 30.0. The number of fused-ring (bicyclic) bond motifs is 3. The van der Waals surface area contributed by atoms with Gasteiger partial charge in [0, 0.05) is 51.6 Å². The van der Waals surface area contributed by atoms with Crippen molar-refractivity contribution in [2.45, 2.75) is 0 Å². The number of hydrogen-bond acceptors (Lipinski definition) is 3. The highest BCUT2D eigenvalue weighted by Crippen LogP contribution is 2.47. The van der Waals surface area contributed by atoms with E-state index in [0.717, 1.165) is 50.8 Å². The van der Waals surface area contributed by atoms with Crippen LogP contribution < -0.4 is 9.80 Å². The van der Waals surface area contributed by atoms with Crippen LogP contribution in [0.3, 0.4) is 0 Å². The fourth-order valence-corrected chi connectivity index (χ4v) is 6.32. The second kappa shape index (κ2) is 11.5. The van der Waals surface area contributed by atoms with Crippen molar-refractivity contribution in [3.05, 3.63) is 182 Å². The molecule has 0 aliphatic heterocycles. The van der Waals surface area contributed by atoms with Crippen molar-refractivity contribution in [2.24, 2.45) is 0 Å². The van der Waals surface area contributed by atoms with Gasteiger partial charge in [0.2, 0.25) is 0 Å². The molecule has 4 heteroatoms. The van der Waals surface area contributed by atoms with Crippen molar-refractivity contribution in [1.82, 2.24) is 9.55 Å². The van der Waals surface area contributed by atoms with Crippen molar-refractivity contribution >= 4 is 55.9 Å². The largest absolute Gasteiger partial charge is 0.310 e. The molecule has 6 aromatic carbocycles. The average Bonchev–Trinajstić information content (AvgIpc) is 3.45. The van der Waals surface area contributed by atoms with Gasteiger partial charge in [-0.25, -0.2) is 0 Å². The number of anilines is 6.